The first-order valence-corrected chi connectivity index (χ1v) is 7.19. The van der Waals surface area contributed by atoms with E-state index in [0.717, 1.165) is 6.42 Å². The van der Waals surface area contributed by atoms with Gasteiger partial charge in [-0.2, -0.15) is 8.42 Å². The zero-order chi connectivity index (χ0) is 13.6. The largest absolute Gasteiger partial charge is 0.491 e. The van der Waals surface area contributed by atoms with Crippen molar-refractivity contribution in [2.75, 3.05) is 13.2 Å². The first kappa shape index (κ1) is 14.9. The van der Waals surface area contributed by atoms with Crippen molar-refractivity contribution in [1.82, 2.24) is 0 Å². The van der Waals surface area contributed by atoms with Gasteiger partial charge in [0.25, 0.3) is 10.1 Å². The number of benzene rings is 1. The Bertz CT molecular complexity index is 452. The van der Waals surface area contributed by atoms with E-state index in [1.165, 1.54) is 24.3 Å². The van der Waals surface area contributed by atoms with Crippen LogP contribution in [0.4, 0.5) is 0 Å². The Morgan fingerprint density at radius 1 is 1.28 bits per heavy atom. The molecular weight excluding hydrogens is 256 g/mol. The second-order valence-corrected chi connectivity index (χ2v) is 5.36. The van der Waals surface area contributed by atoms with Gasteiger partial charge < -0.3 is 9.47 Å². The second kappa shape index (κ2) is 6.72. The van der Waals surface area contributed by atoms with Crippen molar-refractivity contribution >= 4 is 10.1 Å². The second-order valence-electron chi connectivity index (χ2n) is 3.94. The van der Waals surface area contributed by atoms with Gasteiger partial charge in [-0.25, -0.2) is 0 Å². The lowest BCUT2D eigenvalue weighted by Gasteiger charge is -2.13. The van der Waals surface area contributed by atoms with Crippen molar-refractivity contribution in [1.29, 1.82) is 0 Å². The van der Waals surface area contributed by atoms with Crippen LogP contribution in [0.3, 0.4) is 0 Å². The number of ether oxygens (including phenoxy) is 2. The Morgan fingerprint density at radius 3 is 2.39 bits per heavy atom. The molecule has 6 heteroatoms. The fourth-order valence-corrected chi connectivity index (χ4v) is 1.77. The van der Waals surface area contributed by atoms with E-state index in [9.17, 15) is 8.42 Å². The first-order valence-electron chi connectivity index (χ1n) is 5.75. The summed E-state index contributed by atoms with van der Waals surface area (Å²) in [5.74, 6) is 0.536. The number of hydrogen-bond acceptors (Lipinski definition) is 4. The summed E-state index contributed by atoms with van der Waals surface area (Å²) in [6.45, 7) is 5.02. The van der Waals surface area contributed by atoms with E-state index in [2.05, 4.69) is 0 Å². The highest BCUT2D eigenvalue weighted by Crippen LogP contribution is 2.16. The van der Waals surface area contributed by atoms with E-state index in [1.54, 1.807) is 0 Å². The highest BCUT2D eigenvalue weighted by Gasteiger charge is 2.09. The molecule has 1 atom stereocenters. The van der Waals surface area contributed by atoms with Crippen molar-refractivity contribution in [3.05, 3.63) is 24.3 Å². The summed E-state index contributed by atoms with van der Waals surface area (Å²) < 4.78 is 41.3. The first-order chi connectivity index (χ1) is 8.43. The zero-order valence-corrected chi connectivity index (χ0v) is 11.3. The minimum absolute atomic E-state index is 0.0220. The van der Waals surface area contributed by atoms with Crippen molar-refractivity contribution in [2.24, 2.45) is 0 Å². The van der Waals surface area contributed by atoms with Gasteiger partial charge >= 0.3 is 0 Å². The molecule has 0 spiro atoms. The maximum atomic E-state index is 10.8. The van der Waals surface area contributed by atoms with Crippen LogP contribution < -0.4 is 4.74 Å². The third-order valence-corrected chi connectivity index (χ3v) is 3.08. The van der Waals surface area contributed by atoms with Crippen LogP contribution in [-0.4, -0.2) is 32.3 Å². The van der Waals surface area contributed by atoms with E-state index < -0.39 is 10.1 Å². The monoisotopic (exact) mass is 274 g/mol. The van der Waals surface area contributed by atoms with Crippen LogP contribution in [-0.2, 0) is 14.9 Å². The Hall–Kier alpha value is -1.11. The fourth-order valence-electron chi connectivity index (χ4n) is 1.29. The molecular formula is C12H18O5S. The van der Waals surface area contributed by atoms with Gasteiger partial charge in [0.05, 0.1) is 11.0 Å². The van der Waals surface area contributed by atoms with Crippen LogP contribution in [0.2, 0.25) is 0 Å². The molecule has 0 amide bonds. The summed E-state index contributed by atoms with van der Waals surface area (Å²) in [4.78, 5) is -0.148. The topological polar surface area (TPSA) is 72.8 Å². The van der Waals surface area contributed by atoms with Crippen LogP contribution in [0.5, 0.6) is 5.75 Å². The van der Waals surface area contributed by atoms with Crippen molar-refractivity contribution < 1.29 is 22.4 Å². The third kappa shape index (κ3) is 5.03. The Labute approximate surface area is 107 Å². The molecule has 0 aliphatic carbocycles. The molecule has 0 fully saturated rings. The van der Waals surface area contributed by atoms with Gasteiger partial charge in [0.1, 0.15) is 12.4 Å². The lowest BCUT2D eigenvalue weighted by molar-refractivity contribution is 0.0327. The summed E-state index contributed by atoms with van der Waals surface area (Å²) in [5, 5.41) is 0. The molecule has 1 N–H and O–H groups in total. The van der Waals surface area contributed by atoms with Gasteiger partial charge in [-0.3, -0.25) is 4.55 Å². The molecule has 0 aliphatic heterocycles. The van der Waals surface area contributed by atoms with Crippen molar-refractivity contribution in [2.45, 2.75) is 31.3 Å². The molecule has 0 aliphatic rings. The summed E-state index contributed by atoms with van der Waals surface area (Å²) in [6.07, 6.45) is 0.930. The van der Waals surface area contributed by atoms with Crippen LogP contribution in [0.1, 0.15) is 20.3 Å². The summed E-state index contributed by atoms with van der Waals surface area (Å²) >= 11 is 0. The smallest absolute Gasteiger partial charge is 0.294 e. The molecule has 0 heterocycles. The Balaban J connectivity index is 2.49. The Morgan fingerprint density at radius 2 is 1.89 bits per heavy atom. The van der Waals surface area contributed by atoms with Crippen LogP contribution >= 0.6 is 0 Å². The molecule has 1 unspecified atom stereocenters. The lowest BCUT2D eigenvalue weighted by atomic mass is 10.3. The van der Waals surface area contributed by atoms with E-state index in [0.29, 0.717) is 19.0 Å². The molecule has 1 rings (SSSR count). The van der Waals surface area contributed by atoms with E-state index in [-0.39, 0.29) is 11.0 Å². The van der Waals surface area contributed by atoms with Crippen molar-refractivity contribution in [3.8, 4) is 5.75 Å². The predicted molar refractivity (Wildman–Crippen MR) is 67.5 cm³/mol. The van der Waals surface area contributed by atoms with Gasteiger partial charge in [-0.1, -0.05) is 6.92 Å². The van der Waals surface area contributed by atoms with Gasteiger partial charge in [0.15, 0.2) is 0 Å². The molecule has 0 saturated heterocycles. The van der Waals surface area contributed by atoms with Gasteiger partial charge in [-0.15, -0.1) is 0 Å². The minimum Gasteiger partial charge on any atom is -0.491 e. The van der Waals surface area contributed by atoms with Gasteiger partial charge in [0.2, 0.25) is 0 Å². The van der Waals surface area contributed by atoms with E-state index >= 15 is 0 Å². The summed E-state index contributed by atoms with van der Waals surface area (Å²) in [7, 11) is -4.14. The van der Waals surface area contributed by atoms with Crippen LogP contribution in [0.15, 0.2) is 29.2 Å². The maximum absolute atomic E-state index is 10.8. The lowest BCUT2D eigenvalue weighted by Crippen LogP contribution is -2.18. The average molecular weight is 274 g/mol. The highest BCUT2D eigenvalue weighted by atomic mass is 32.2. The molecule has 1 aromatic rings. The summed E-state index contributed by atoms with van der Waals surface area (Å²) in [6, 6.07) is 5.58. The van der Waals surface area contributed by atoms with Crippen LogP contribution in [0, 0.1) is 0 Å². The van der Waals surface area contributed by atoms with Crippen LogP contribution in [0.25, 0.3) is 0 Å². The molecule has 1 aromatic carbocycles. The molecule has 0 radical (unpaired) electrons. The quantitative estimate of drug-likeness (QED) is 0.771. The summed E-state index contributed by atoms with van der Waals surface area (Å²) in [5.41, 5.74) is 0. The average Bonchev–Trinajstić information content (AvgIpc) is 2.33. The number of hydrogen-bond donors (Lipinski definition) is 1. The standard InChI is InChI=1S/C12H18O5S/c1-3-8-16-10(2)9-17-11-4-6-12(7-5-11)18(13,14)15/h4-7,10H,3,8-9H2,1-2H3,(H,13,14,15). The van der Waals surface area contributed by atoms with E-state index in [1.807, 2.05) is 13.8 Å². The minimum atomic E-state index is -4.14. The SMILES string of the molecule is CCCOC(C)COc1ccc(S(=O)(=O)O)cc1. The van der Waals surface area contributed by atoms with Gasteiger partial charge in [-0.05, 0) is 37.6 Å². The predicted octanol–water partition coefficient (Wildman–Crippen LogP) is 2.13. The molecule has 102 valence electrons. The van der Waals surface area contributed by atoms with E-state index in [4.69, 9.17) is 14.0 Å². The molecule has 0 saturated carbocycles. The maximum Gasteiger partial charge on any atom is 0.294 e. The molecule has 0 bridgehead atoms. The van der Waals surface area contributed by atoms with Crippen molar-refractivity contribution in [3.63, 3.8) is 0 Å². The zero-order valence-electron chi connectivity index (χ0n) is 10.5. The molecule has 0 aromatic heterocycles. The molecule has 18 heavy (non-hydrogen) atoms. The molecule has 5 nitrogen and oxygen atoms in total. The Kier molecular flexibility index (Phi) is 5.58. The fraction of sp³-hybridized carbons (Fsp3) is 0.500. The third-order valence-electron chi connectivity index (χ3n) is 2.21. The number of rotatable bonds is 7. The normalized spacial score (nSPS) is 13.3. The highest BCUT2D eigenvalue weighted by molar-refractivity contribution is 7.85. The van der Waals surface area contributed by atoms with Gasteiger partial charge in [0, 0.05) is 6.61 Å².